The topological polar surface area (TPSA) is 109 Å². The fourth-order valence-electron chi connectivity index (χ4n) is 3.41. The van der Waals surface area contributed by atoms with Gasteiger partial charge in [0, 0.05) is 18.3 Å². The maximum absolute atomic E-state index is 11.6. The van der Waals surface area contributed by atoms with E-state index in [0.717, 1.165) is 41.6 Å². The quantitative estimate of drug-likeness (QED) is 0.264. The lowest BCUT2D eigenvalue weighted by atomic mass is 10.1. The van der Waals surface area contributed by atoms with E-state index in [4.69, 9.17) is 14.9 Å². The van der Waals surface area contributed by atoms with Crippen molar-refractivity contribution in [2.45, 2.75) is 31.4 Å². The van der Waals surface area contributed by atoms with Gasteiger partial charge in [0.1, 0.15) is 17.2 Å². The average molecular weight is 545 g/mol. The molecule has 1 aliphatic heterocycles. The minimum absolute atomic E-state index is 0.211. The standard InChI is InChI=1S/C19H20N2O3S.2C6H6O/c1-2-13-3-6-15(20-12-13)9-10-24-16-7-4-14(5-8-16)11-17-18(22)21-19(23)25-17;2*7-6-4-2-1-3-5-6/h3-8,12,17H,2,9-11H2,1H3,(H,21,22,23);2*1-5,7H. The minimum atomic E-state index is -0.337. The number of benzene rings is 3. The Bertz CT molecular complexity index is 1250. The van der Waals surface area contributed by atoms with Crippen LogP contribution in [0.3, 0.4) is 0 Å². The summed E-state index contributed by atoms with van der Waals surface area (Å²) in [5.41, 5.74) is 3.25. The highest BCUT2D eigenvalue weighted by Gasteiger charge is 2.31. The van der Waals surface area contributed by atoms with E-state index in [2.05, 4.69) is 23.3 Å². The Morgan fingerprint density at radius 3 is 1.85 bits per heavy atom. The molecule has 8 heteroatoms. The highest BCUT2D eigenvalue weighted by atomic mass is 32.2. The van der Waals surface area contributed by atoms with E-state index in [-0.39, 0.29) is 16.4 Å². The summed E-state index contributed by atoms with van der Waals surface area (Å²) in [4.78, 5) is 27.2. The number of ether oxygens (including phenoxy) is 1. The SMILES string of the molecule is CCc1ccc(CCOc2ccc(CC3SC(=O)NC3=O)cc2)nc1.Oc1ccccc1.Oc1ccccc1. The molecule has 202 valence electrons. The van der Waals surface area contributed by atoms with Gasteiger partial charge in [-0.1, -0.05) is 73.3 Å². The van der Waals surface area contributed by atoms with E-state index in [0.29, 0.717) is 24.5 Å². The van der Waals surface area contributed by atoms with E-state index < -0.39 is 0 Å². The fourth-order valence-corrected chi connectivity index (χ4v) is 4.26. The molecule has 0 radical (unpaired) electrons. The highest BCUT2D eigenvalue weighted by molar-refractivity contribution is 8.15. The third-order valence-corrected chi connectivity index (χ3v) is 6.53. The second kappa shape index (κ2) is 15.8. The van der Waals surface area contributed by atoms with Crippen molar-refractivity contribution in [1.82, 2.24) is 10.3 Å². The van der Waals surface area contributed by atoms with Crippen LogP contribution in [0.2, 0.25) is 0 Å². The van der Waals surface area contributed by atoms with Crippen LogP contribution in [-0.2, 0) is 24.1 Å². The lowest BCUT2D eigenvalue weighted by Crippen LogP contribution is -2.25. The summed E-state index contributed by atoms with van der Waals surface area (Å²) in [7, 11) is 0. The van der Waals surface area contributed by atoms with E-state index in [1.807, 2.05) is 48.7 Å². The number of hydrogen-bond acceptors (Lipinski definition) is 7. The van der Waals surface area contributed by atoms with Crippen LogP contribution in [0.1, 0.15) is 23.7 Å². The van der Waals surface area contributed by atoms with Gasteiger partial charge in [-0.2, -0.15) is 0 Å². The first-order valence-corrected chi connectivity index (χ1v) is 13.5. The van der Waals surface area contributed by atoms with Gasteiger partial charge >= 0.3 is 0 Å². The molecular formula is C31H32N2O5S. The second-order valence-corrected chi connectivity index (χ2v) is 9.69. The van der Waals surface area contributed by atoms with Gasteiger partial charge in [-0.25, -0.2) is 0 Å². The van der Waals surface area contributed by atoms with Crippen molar-refractivity contribution >= 4 is 22.9 Å². The zero-order chi connectivity index (χ0) is 27.9. The number of hydrogen-bond donors (Lipinski definition) is 3. The Morgan fingerprint density at radius 1 is 0.821 bits per heavy atom. The minimum Gasteiger partial charge on any atom is -0.508 e. The number of phenolic OH excluding ortho intramolecular Hbond substituents is 2. The summed E-state index contributed by atoms with van der Waals surface area (Å²) in [6.45, 7) is 2.67. The van der Waals surface area contributed by atoms with Gasteiger partial charge in [0.15, 0.2) is 0 Å². The Labute approximate surface area is 232 Å². The normalized spacial score (nSPS) is 13.8. The number of nitrogens with one attached hydrogen (secondary N) is 1. The predicted octanol–water partition coefficient (Wildman–Crippen LogP) is 5.94. The molecule has 0 aliphatic carbocycles. The van der Waals surface area contributed by atoms with Gasteiger partial charge < -0.3 is 14.9 Å². The van der Waals surface area contributed by atoms with E-state index in [9.17, 15) is 9.59 Å². The van der Waals surface area contributed by atoms with Crippen molar-refractivity contribution in [3.05, 3.63) is 120 Å². The summed E-state index contributed by atoms with van der Waals surface area (Å²) in [6.07, 6.45) is 4.19. The van der Waals surface area contributed by atoms with Crippen LogP contribution in [0.5, 0.6) is 17.2 Å². The molecule has 1 aliphatic rings. The molecular weight excluding hydrogens is 512 g/mol. The van der Waals surface area contributed by atoms with Gasteiger partial charge in [0.05, 0.1) is 11.9 Å². The number of carbonyl (C=O) groups excluding carboxylic acids is 2. The highest BCUT2D eigenvalue weighted by Crippen LogP contribution is 2.24. The molecule has 1 fully saturated rings. The van der Waals surface area contributed by atoms with Crippen LogP contribution < -0.4 is 10.1 Å². The molecule has 39 heavy (non-hydrogen) atoms. The molecule has 4 aromatic rings. The second-order valence-electron chi connectivity index (χ2n) is 8.51. The maximum atomic E-state index is 11.6. The van der Waals surface area contributed by atoms with Gasteiger partial charge in [0.2, 0.25) is 5.91 Å². The number of amides is 2. The van der Waals surface area contributed by atoms with Crippen molar-refractivity contribution in [2.75, 3.05) is 6.61 Å². The summed E-state index contributed by atoms with van der Waals surface area (Å²) < 4.78 is 5.75. The molecule has 1 unspecified atom stereocenters. The van der Waals surface area contributed by atoms with Gasteiger partial charge in [-0.15, -0.1) is 0 Å². The predicted molar refractivity (Wildman–Crippen MR) is 154 cm³/mol. The lowest BCUT2D eigenvalue weighted by molar-refractivity contribution is -0.118. The van der Waals surface area contributed by atoms with Crippen molar-refractivity contribution < 1.29 is 24.5 Å². The summed E-state index contributed by atoms with van der Waals surface area (Å²) in [5.74, 6) is 1.22. The van der Waals surface area contributed by atoms with Crippen LogP contribution in [0.15, 0.2) is 103 Å². The number of thioether (sulfide) groups is 1. The van der Waals surface area contributed by atoms with Crippen molar-refractivity contribution in [3.8, 4) is 17.2 Å². The fraction of sp³-hybridized carbons (Fsp3) is 0.194. The summed E-state index contributed by atoms with van der Waals surface area (Å²) >= 11 is 1.05. The van der Waals surface area contributed by atoms with Crippen LogP contribution in [-0.4, -0.2) is 38.2 Å². The largest absolute Gasteiger partial charge is 0.508 e. The van der Waals surface area contributed by atoms with Crippen LogP contribution in [0.25, 0.3) is 0 Å². The molecule has 2 amide bonds. The maximum Gasteiger partial charge on any atom is 0.286 e. The number of pyridine rings is 1. The van der Waals surface area contributed by atoms with Crippen molar-refractivity contribution in [1.29, 1.82) is 0 Å². The molecule has 3 N–H and O–H groups in total. The molecule has 0 spiro atoms. The Hall–Kier alpha value is -4.30. The number of aromatic hydroxyl groups is 2. The number of carbonyl (C=O) groups is 2. The van der Waals surface area contributed by atoms with Crippen LogP contribution >= 0.6 is 11.8 Å². The Balaban J connectivity index is 0.000000243. The Kier molecular flexibility index (Phi) is 11.9. The average Bonchev–Trinajstić information content (AvgIpc) is 3.27. The number of para-hydroxylation sites is 2. The molecule has 5 rings (SSSR count). The first-order chi connectivity index (χ1) is 18.9. The smallest absolute Gasteiger partial charge is 0.286 e. The van der Waals surface area contributed by atoms with Crippen molar-refractivity contribution in [2.24, 2.45) is 0 Å². The van der Waals surface area contributed by atoms with E-state index >= 15 is 0 Å². The number of nitrogens with zero attached hydrogens (tertiary/aromatic N) is 1. The first-order valence-electron chi connectivity index (χ1n) is 12.6. The van der Waals surface area contributed by atoms with E-state index in [1.165, 1.54) is 5.56 Å². The van der Waals surface area contributed by atoms with E-state index in [1.54, 1.807) is 48.5 Å². The molecule has 0 bridgehead atoms. The van der Waals surface area contributed by atoms with Gasteiger partial charge in [-0.3, -0.25) is 19.9 Å². The lowest BCUT2D eigenvalue weighted by Gasteiger charge is -2.09. The number of rotatable bonds is 7. The molecule has 7 nitrogen and oxygen atoms in total. The molecule has 0 saturated carbocycles. The van der Waals surface area contributed by atoms with Gasteiger partial charge in [0.25, 0.3) is 5.24 Å². The third kappa shape index (κ3) is 10.9. The number of aryl methyl sites for hydroxylation is 1. The molecule has 1 atom stereocenters. The zero-order valence-electron chi connectivity index (χ0n) is 21.7. The number of imide groups is 1. The monoisotopic (exact) mass is 544 g/mol. The molecule has 1 saturated heterocycles. The third-order valence-electron chi connectivity index (χ3n) is 5.55. The summed E-state index contributed by atoms with van der Waals surface area (Å²) in [6, 6.07) is 29.2. The van der Waals surface area contributed by atoms with Crippen LogP contribution in [0.4, 0.5) is 4.79 Å². The molecule has 1 aromatic heterocycles. The number of phenols is 2. The summed E-state index contributed by atoms with van der Waals surface area (Å²) in [5, 5.41) is 19.0. The Morgan fingerprint density at radius 2 is 1.41 bits per heavy atom. The van der Waals surface area contributed by atoms with Crippen LogP contribution in [0, 0.1) is 0 Å². The van der Waals surface area contributed by atoms with Crippen molar-refractivity contribution in [3.63, 3.8) is 0 Å². The molecule has 2 heterocycles. The number of aromatic nitrogens is 1. The van der Waals surface area contributed by atoms with Gasteiger partial charge in [-0.05, 0) is 66.4 Å². The molecule has 3 aromatic carbocycles. The first kappa shape index (κ1) is 29.3. The zero-order valence-corrected chi connectivity index (χ0v) is 22.5.